The summed E-state index contributed by atoms with van der Waals surface area (Å²) in [7, 11) is 0. The molecular weight excluding hydrogens is 448 g/mol. The molecule has 1 aliphatic carbocycles. The Balaban J connectivity index is 0.00000220. The van der Waals surface area contributed by atoms with Crippen molar-refractivity contribution < 1.29 is 4.39 Å². The van der Waals surface area contributed by atoms with E-state index in [-0.39, 0.29) is 29.8 Å². The molecule has 21 heavy (non-hydrogen) atoms. The Kier molecular flexibility index (Phi) is 8.24. The van der Waals surface area contributed by atoms with Gasteiger partial charge in [0.2, 0.25) is 0 Å². The van der Waals surface area contributed by atoms with Crippen LogP contribution in [-0.4, -0.2) is 18.5 Å². The van der Waals surface area contributed by atoms with Crippen LogP contribution in [0, 0.1) is 5.82 Å². The summed E-state index contributed by atoms with van der Waals surface area (Å²) in [6.45, 7) is 3.13. The van der Waals surface area contributed by atoms with Gasteiger partial charge < -0.3 is 10.6 Å². The van der Waals surface area contributed by atoms with E-state index < -0.39 is 0 Å². The Morgan fingerprint density at radius 3 is 2.71 bits per heavy atom. The molecule has 2 N–H and O–H groups in total. The van der Waals surface area contributed by atoms with Crippen LogP contribution >= 0.6 is 39.9 Å². The number of nitrogens with one attached hydrogen (secondary N) is 2. The second-order valence-corrected chi connectivity index (χ2v) is 5.63. The first kappa shape index (κ1) is 18.4. The highest BCUT2D eigenvalue weighted by Gasteiger charge is 2.11. The lowest BCUT2D eigenvalue weighted by molar-refractivity contribution is 0.607. The Morgan fingerprint density at radius 2 is 2.10 bits per heavy atom. The molecule has 0 amide bonds. The summed E-state index contributed by atoms with van der Waals surface area (Å²) in [5.74, 6) is 0.505. The molecule has 0 saturated carbocycles. The summed E-state index contributed by atoms with van der Waals surface area (Å²) < 4.78 is 14.5. The predicted octanol–water partition coefficient (Wildman–Crippen LogP) is 3.98. The fraction of sp³-hybridized carbons (Fsp3) is 0.400. The lowest BCUT2D eigenvalue weighted by Crippen LogP contribution is -2.42. The number of hydrogen-bond acceptors (Lipinski definition) is 1. The maximum atomic E-state index is 13.7. The molecule has 0 atom stereocenters. The number of hydrogen-bond donors (Lipinski definition) is 2. The van der Waals surface area contributed by atoms with Crippen LogP contribution in [0.15, 0.2) is 39.8 Å². The summed E-state index contributed by atoms with van der Waals surface area (Å²) in [5.41, 5.74) is 0.593. The van der Waals surface area contributed by atoms with Crippen molar-refractivity contribution in [2.75, 3.05) is 6.54 Å². The van der Waals surface area contributed by atoms with E-state index in [9.17, 15) is 4.39 Å². The van der Waals surface area contributed by atoms with E-state index in [0.29, 0.717) is 18.2 Å². The molecule has 2 rings (SSSR count). The van der Waals surface area contributed by atoms with Gasteiger partial charge in [0.1, 0.15) is 5.82 Å². The van der Waals surface area contributed by atoms with Crippen molar-refractivity contribution >= 4 is 45.9 Å². The Morgan fingerprint density at radius 1 is 1.38 bits per heavy atom. The van der Waals surface area contributed by atoms with E-state index in [1.165, 1.54) is 6.07 Å². The molecule has 6 heteroatoms. The maximum Gasteiger partial charge on any atom is 0.191 e. The summed E-state index contributed by atoms with van der Waals surface area (Å²) in [6.07, 6.45) is 6.35. The quantitative estimate of drug-likeness (QED) is 0.304. The minimum Gasteiger partial charge on any atom is -0.357 e. The molecule has 0 saturated heterocycles. The van der Waals surface area contributed by atoms with E-state index in [1.807, 2.05) is 13.0 Å². The van der Waals surface area contributed by atoms with Gasteiger partial charge in [-0.15, -0.1) is 24.0 Å². The molecule has 0 fully saturated rings. The highest BCUT2D eigenvalue weighted by atomic mass is 127. The van der Waals surface area contributed by atoms with Crippen LogP contribution in [0.5, 0.6) is 0 Å². The van der Waals surface area contributed by atoms with Gasteiger partial charge in [-0.2, -0.15) is 0 Å². The first-order chi connectivity index (χ1) is 9.69. The van der Waals surface area contributed by atoms with Gasteiger partial charge in [0.25, 0.3) is 0 Å². The van der Waals surface area contributed by atoms with Gasteiger partial charge in [-0.3, -0.25) is 0 Å². The molecule has 116 valence electrons. The van der Waals surface area contributed by atoms with Gasteiger partial charge in [-0.1, -0.05) is 34.1 Å². The zero-order valence-electron chi connectivity index (χ0n) is 11.9. The van der Waals surface area contributed by atoms with Crippen molar-refractivity contribution in [1.82, 2.24) is 10.6 Å². The van der Waals surface area contributed by atoms with Gasteiger partial charge in [-0.05, 0) is 31.9 Å². The highest BCUT2D eigenvalue weighted by molar-refractivity contribution is 14.0. The molecular formula is C15H20BrFIN3. The van der Waals surface area contributed by atoms with E-state index in [2.05, 4.69) is 43.7 Å². The summed E-state index contributed by atoms with van der Waals surface area (Å²) in [5, 5.41) is 6.55. The van der Waals surface area contributed by atoms with Crippen LogP contribution < -0.4 is 10.6 Å². The van der Waals surface area contributed by atoms with Crippen molar-refractivity contribution in [3.8, 4) is 0 Å². The van der Waals surface area contributed by atoms with Gasteiger partial charge in [0.05, 0.1) is 6.54 Å². The average molecular weight is 468 g/mol. The highest BCUT2D eigenvalue weighted by Crippen LogP contribution is 2.16. The van der Waals surface area contributed by atoms with Crippen molar-refractivity contribution in [3.63, 3.8) is 0 Å². The molecule has 1 aromatic rings. The van der Waals surface area contributed by atoms with Crippen molar-refractivity contribution in [1.29, 1.82) is 0 Å². The van der Waals surface area contributed by atoms with Crippen molar-refractivity contribution in [2.45, 2.75) is 32.4 Å². The number of halogens is 3. The number of nitrogens with zero attached hydrogens (tertiary/aromatic N) is 1. The normalized spacial score (nSPS) is 14.9. The maximum absolute atomic E-state index is 13.7. The number of benzene rings is 1. The smallest absolute Gasteiger partial charge is 0.191 e. The largest absolute Gasteiger partial charge is 0.357 e. The van der Waals surface area contributed by atoms with E-state index in [0.717, 1.165) is 29.8 Å². The lowest BCUT2D eigenvalue weighted by Gasteiger charge is -2.16. The number of aliphatic imine (C=N–C) groups is 1. The SMILES string of the molecule is CCNC(=NCc1ccc(Br)cc1F)NC1CC=CC1.I. The third-order valence-electron chi connectivity index (χ3n) is 3.12. The third kappa shape index (κ3) is 5.94. The minimum atomic E-state index is -0.235. The van der Waals surface area contributed by atoms with Gasteiger partial charge in [-0.25, -0.2) is 9.38 Å². The average Bonchev–Trinajstić information content (AvgIpc) is 2.90. The molecule has 0 bridgehead atoms. The number of rotatable bonds is 4. The lowest BCUT2D eigenvalue weighted by atomic mass is 10.2. The second kappa shape index (κ2) is 9.40. The van der Waals surface area contributed by atoms with Crippen LogP contribution in [0.1, 0.15) is 25.3 Å². The molecule has 0 heterocycles. The standard InChI is InChI=1S/C15H19BrFN3.HI/c1-2-18-15(20-13-5-3-4-6-13)19-10-11-7-8-12(16)9-14(11)17;/h3-4,7-9,13H,2,5-6,10H2,1H3,(H2,18,19,20);1H. The predicted molar refractivity (Wildman–Crippen MR) is 99.6 cm³/mol. The van der Waals surface area contributed by atoms with E-state index >= 15 is 0 Å². The zero-order valence-corrected chi connectivity index (χ0v) is 15.8. The van der Waals surface area contributed by atoms with E-state index in [1.54, 1.807) is 6.07 Å². The topological polar surface area (TPSA) is 36.4 Å². The molecule has 0 spiro atoms. The van der Waals surface area contributed by atoms with Crippen LogP contribution in [0.25, 0.3) is 0 Å². The Labute approximate surface area is 150 Å². The zero-order chi connectivity index (χ0) is 14.4. The molecule has 0 aromatic heterocycles. The first-order valence-electron chi connectivity index (χ1n) is 6.83. The second-order valence-electron chi connectivity index (χ2n) is 4.71. The summed E-state index contributed by atoms with van der Waals surface area (Å²) in [6, 6.07) is 5.44. The van der Waals surface area contributed by atoms with Crippen LogP contribution in [0.2, 0.25) is 0 Å². The summed E-state index contributed by atoms with van der Waals surface area (Å²) >= 11 is 3.25. The molecule has 0 unspecified atom stereocenters. The molecule has 1 aromatic carbocycles. The van der Waals surface area contributed by atoms with Gasteiger partial charge in [0, 0.05) is 22.6 Å². The third-order valence-corrected chi connectivity index (χ3v) is 3.61. The van der Waals surface area contributed by atoms with Crippen LogP contribution in [0.3, 0.4) is 0 Å². The van der Waals surface area contributed by atoms with E-state index in [4.69, 9.17) is 0 Å². The minimum absolute atomic E-state index is 0. The Bertz CT molecular complexity index is 512. The van der Waals surface area contributed by atoms with Gasteiger partial charge >= 0.3 is 0 Å². The monoisotopic (exact) mass is 467 g/mol. The first-order valence-corrected chi connectivity index (χ1v) is 7.62. The molecule has 0 radical (unpaired) electrons. The van der Waals surface area contributed by atoms with Crippen LogP contribution in [-0.2, 0) is 6.54 Å². The Hall–Kier alpha value is -0.630. The fourth-order valence-electron chi connectivity index (χ4n) is 2.06. The summed E-state index contributed by atoms with van der Waals surface area (Å²) in [4.78, 5) is 4.45. The molecule has 1 aliphatic rings. The molecule has 3 nitrogen and oxygen atoms in total. The van der Waals surface area contributed by atoms with Crippen molar-refractivity contribution in [3.05, 3.63) is 46.2 Å². The fourth-order valence-corrected chi connectivity index (χ4v) is 2.40. The van der Waals surface area contributed by atoms with Gasteiger partial charge in [0.15, 0.2) is 5.96 Å². The number of guanidine groups is 1. The molecule has 0 aliphatic heterocycles. The van der Waals surface area contributed by atoms with Crippen molar-refractivity contribution in [2.24, 2.45) is 4.99 Å². The van der Waals surface area contributed by atoms with Crippen LogP contribution in [0.4, 0.5) is 4.39 Å².